The number of nitrogens with zero attached hydrogens (tertiary/aromatic N) is 1. The molecule has 0 spiro atoms. The van der Waals surface area contributed by atoms with Crippen molar-refractivity contribution in [1.82, 2.24) is 4.31 Å². The van der Waals surface area contributed by atoms with Crippen LogP contribution in [0.4, 0.5) is 0 Å². The molecule has 2 unspecified atom stereocenters. The fraction of sp³-hybridized carbons (Fsp3) is 1.00. The van der Waals surface area contributed by atoms with Crippen LogP contribution in [-0.2, 0) is 10.0 Å². The molecule has 6 heteroatoms. The van der Waals surface area contributed by atoms with E-state index in [0.29, 0.717) is 11.8 Å². The molecule has 2 N–H and O–H groups in total. The fourth-order valence-electron chi connectivity index (χ4n) is 1.97. The Bertz CT molecular complexity index is 291. The van der Waals surface area contributed by atoms with E-state index < -0.39 is 10.0 Å². The van der Waals surface area contributed by atoms with Crippen LogP contribution in [-0.4, -0.2) is 48.6 Å². The Labute approximate surface area is 82.9 Å². The van der Waals surface area contributed by atoms with E-state index in [2.05, 4.69) is 0 Å². The molecule has 2 heterocycles. The van der Waals surface area contributed by atoms with Crippen molar-refractivity contribution in [3.63, 3.8) is 0 Å². The second-order valence-electron chi connectivity index (χ2n) is 3.52. The predicted molar refractivity (Wildman–Crippen MR) is 54.2 cm³/mol. The summed E-state index contributed by atoms with van der Waals surface area (Å²) in [7, 11) is -3.05. The van der Waals surface area contributed by atoms with Crippen LogP contribution in [0.5, 0.6) is 0 Å². The molecule has 0 aromatic heterocycles. The second kappa shape index (κ2) is 3.42. The van der Waals surface area contributed by atoms with Crippen LogP contribution in [0.15, 0.2) is 0 Å². The number of thioether (sulfide) groups is 1. The standard InChI is InChI=1S/C7H14N2O2S2/c8-1-2-13(10,11)9-4-7-3-6(9)5-12-7/h6-7H,1-5,8H2. The van der Waals surface area contributed by atoms with Gasteiger partial charge in [0, 0.05) is 30.1 Å². The van der Waals surface area contributed by atoms with E-state index in [1.807, 2.05) is 11.8 Å². The monoisotopic (exact) mass is 222 g/mol. The Morgan fingerprint density at radius 1 is 1.54 bits per heavy atom. The smallest absolute Gasteiger partial charge is 0.215 e. The lowest BCUT2D eigenvalue weighted by atomic mass is 10.3. The summed E-state index contributed by atoms with van der Waals surface area (Å²) in [5.41, 5.74) is 5.27. The minimum absolute atomic E-state index is 0.0981. The summed E-state index contributed by atoms with van der Waals surface area (Å²) in [5, 5.41) is 0.539. The summed E-state index contributed by atoms with van der Waals surface area (Å²) in [6, 6.07) is 0.256. The van der Waals surface area contributed by atoms with Crippen molar-refractivity contribution in [2.45, 2.75) is 17.7 Å². The van der Waals surface area contributed by atoms with Crippen LogP contribution in [0.3, 0.4) is 0 Å². The molecule has 2 aliphatic heterocycles. The third-order valence-electron chi connectivity index (χ3n) is 2.58. The van der Waals surface area contributed by atoms with Crippen molar-refractivity contribution >= 4 is 21.8 Å². The van der Waals surface area contributed by atoms with Gasteiger partial charge < -0.3 is 5.73 Å². The van der Waals surface area contributed by atoms with Crippen LogP contribution in [0.25, 0.3) is 0 Å². The molecule has 2 atom stereocenters. The second-order valence-corrected chi connectivity index (χ2v) is 6.89. The minimum Gasteiger partial charge on any atom is -0.329 e. The minimum atomic E-state index is -3.05. The van der Waals surface area contributed by atoms with E-state index in [1.165, 1.54) is 0 Å². The molecule has 2 fully saturated rings. The largest absolute Gasteiger partial charge is 0.329 e. The number of rotatable bonds is 3. The first-order valence-electron chi connectivity index (χ1n) is 4.44. The zero-order valence-corrected chi connectivity index (χ0v) is 8.98. The first-order chi connectivity index (χ1) is 6.13. The third kappa shape index (κ3) is 1.72. The van der Waals surface area contributed by atoms with Crippen LogP contribution in [0.1, 0.15) is 6.42 Å². The van der Waals surface area contributed by atoms with E-state index in [1.54, 1.807) is 4.31 Å². The fourth-order valence-corrected chi connectivity index (χ4v) is 5.15. The highest BCUT2D eigenvalue weighted by atomic mass is 32.2. The SMILES string of the molecule is NCCS(=O)(=O)N1CC2CC1CS2. The lowest BCUT2D eigenvalue weighted by Gasteiger charge is -2.25. The molecular weight excluding hydrogens is 208 g/mol. The van der Waals surface area contributed by atoms with Gasteiger partial charge in [-0.25, -0.2) is 8.42 Å². The molecule has 13 heavy (non-hydrogen) atoms. The Kier molecular flexibility index (Phi) is 2.57. The van der Waals surface area contributed by atoms with E-state index in [9.17, 15) is 8.42 Å². The maximum Gasteiger partial charge on any atom is 0.215 e. The number of fused-ring (bicyclic) bond motifs is 2. The molecule has 0 aliphatic carbocycles. The molecule has 0 aromatic carbocycles. The van der Waals surface area contributed by atoms with Gasteiger partial charge in [0.25, 0.3) is 0 Å². The van der Waals surface area contributed by atoms with Gasteiger partial charge in [0.1, 0.15) is 0 Å². The lowest BCUT2D eigenvalue weighted by molar-refractivity contribution is 0.410. The van der Waals surface area contributed by atoms with E-state index in [4.69, 9.17) is 5.73 Å². The molecule has 2 aliphatic rings. The Morgan fingerprint density at radius 3 is 2.77 bits per heavy atom. The van der Waals surface area contributed by atoms with Crippen LogP contribution >= 0.6 is 11.8 Å². The van der Waals surface area contributed by atoms with Crippen LogP contribution in [0.2, 0.25) is 0 Å². The molecule has 0 aromatic rings. The van der Waals surface area contributed by atoms with Crippen molar-refractivity contribution in [3.05, 3.63) is 0 Å². The summed E-state index contributed by atoms with van der Waals surface area (Å²) in [6.07, 6.45) is 1.04. The van der Waals surface area contributed by atoms with E-state index in [0.717, 1.165) is 12.2 Å². The highest BCUT2D eigenvalue weighted by Gasteiger charge is 2.43. The van der Waals surface area contributed by atoms with Gasteiger partial charge in [-0.05, 0) is 6.42 Å². The molecule has 2 bridgehead atoms. The number of hydrogen-bond donors (Lipinski definition) is 1. The van der Waals surface area contributed by atoms with Crippen molar-refractivity contribution in [2.24, 2.45) is 5.73 Å². The van der Waals surface area contributed by atoms with Crippen molar-refractivity contribution in [2.75, 3.05) is 24.6 Å². The summed E-state index contributed by atoms with van der Waals surface area (Å²) in [4.78, 5) is 0. The van der Waals surface area contributed by atoms with E-state index in [-0.39, 0.29) is 18.3 Å². The summed E-state index contributed by atoms with van der Waals surface area (Å²) in [6.45, 7) is 0.932. The predicted octanol–water partition coefficient (Wildman–Crippen LogP) is -0.535. The van der Waals surface area contributed by atoms with Crippen molar-refractivity contribution in [1.29, 1.82) is 0 Å². The number of nitrogens with two attached hydrogens (primary N) is 1. The molecule has 2 rings (SSSR count). The highest BCUT2D eigenvalue weighted by Crippen LogP contribution is 2.38. The molecule has 2 saturated heterocycles. The first-order valence-corrected chi connectivity index (χ1v) is 7.10. The lowest BCUT2D eigenvalue weighted by Crippen LogP contribution is -2.41. The summed E-state index contributed by atoms with van der Waals surface area (Å²) in [5.74, 6) is 1.06. The van der Waals surface area contributed by atoms with Crippen molar-refractivity contribution < 1.29 is 8.42 Å². The highest BCUT2D eigenvalue weighted by molar-refractivity contribution is 8.00. The Balaban J connectivity index is 2.10. The molecule has 76 valence electrons. The molecular formula is C7H14N2O2S2. The quantitative estimate of drug-likeness (QED) is 0.697. The van der Waals surface area contributed by atoms with Crippen LogP contribution < -0.4 is 5.73 Å². The topological polar surface area (TPSA) is 63.4 Å². The average Bonchev–Trinajstić information content (AvgIpc) is 2.63. The average molecular weight is 222 g/mol. The van der Waals surface area contributed by atoms with Gasteiger partial charge in [0.2, 0.25) is 10.0 Å². The van der Waals surface area contributed by atoms with Gasteiger partial charge in [-0.3, -0.25) is 0 Å². The van der Waals surface area contributed by atoms with Gasteiger partial charge in [0.05, 0.1) is 5.75 Å². The number of sulfonamides is 1. The Morgan fingerprint density at radius 2 is 2.31 bits per heavy atom. The molecule has 4 nitrogen and oxygen atoms in total. The number of hydrogen-bond acceptors (Lipinski definition) is 4. The normalized spacial score (nSPS) is 34.2. The van der Waals surface area contributed by atoms with Gasteiger partial charge in [0.15, 0.2) is 0 Å². The van der Waals surface area contributed by atoms with Gasteiger partial charge >= 0.3 is 0 Å². The molecule has 0 radical (unpaired) electrons. The Hall–Kier alpha value is 0.220. The van der Waals surface area contributed by atoms with Gasteiger partial charge in [-0.2, -0.15) is 16.1 Å². The molecule has 0 saturated carbocycles. The molecule has 0 amide bonds. The summed E-state index contributed by atoms with van der Waals surface area (Å²) < 4.78 is 25.0. The zero-order valence-electron chi connectivity index (χ0n) is 7.35. The third-order valence-corrected chi connectivity index (χ3v) is 5.89. The van der Waals surface area contributed by atoms with Gasteiger partial charge in [-0.15, -0.1) is 0 Å². The maximum atomic E-state index is 11.7. The first kappa shape index (κ1) is 9.76. The van der Waals surface area contributed by atoms with E-state index >= 15 is 0 Å². The zero-order chi connectivity index (χ0) is 9.47. The summed E-state index contributed by atoms with van der Waals surface area (Å²) >= 11 is 1.89. The van der Waals surface area contributed by atoms with Crippen molar-refractivity contribution in [3.8, 4) is 0 Å². The van der Waals surface area contributed by atoms with Crippen LogP contribution in [0, 0.1) is 0 Å². The maximum absolute atomic E-state index is 11.7. The van der Waals surface area contributed by atoms with Gasteiger partial charge in [-0.1, -0.05) is 0 Å².